The Balaban J connectivity index is 2.72. The van der Waals surface area contributed by atoms with Gasteiger partial charge in [0.05, 0.1) is 24.2 Å². The van der Waals surface area contributed by atoms with Crippen molar-refractivity contribution in [1.29, 1.82) is 0 Å². The summed E-state index contributed by atoms with van der Waals surface area (Å²) in [5, 5.41) is 7.63. The quantitative estimate of drug-likeness (QED) is 0.612. The molecule has 0 unspecified atom stereocenters. The van der Waals surface area contributed by atoms with Crippen LogP contribution < -0.4 is 0 Å². The zero-order chi connectivity index (χ0) is 9.47. The van der Waals surface area contributed by atoms with Crippen LogP contribution in [0.5, 0.6) is 0 Å². The number of nitrogens with zero attached hydrogens (tertiary/aromatic N) is 4. The molecule has 0 amide bonds. The number of aromatic nitrogens is 4. The lowest BCUT2D eigenvalue weighted by atomic mass is 10.1. The fourth-order valence-corrected chi connectivity index (χ4v) is 1.31. The van der Waals surface area contributed by atoms with E-state index in [0.717, 1.165) is 11.0 Å². The fourth-order valence-electron chi connectivity index (χ4n) is 1.31. The van der Waals surface area contributed by atoms with Gasteiger partial charge in [-0.1, -0.05) is 0 Å². The van der Waals surface area contributed by atoms with Gasteiger partial charge in [0.25, 0.3) is 0 Å². The Kier molecular flexibility index (Phi) is 1.58. The topological polar surface area (TPSA) is 43.6 Å². The molecule has 2 aromatic heterocycles. The van der Waals surface area contributed by atoms with Crippen LogP contribution in [0.2, 0.25) is 0 Å². The van der Waals surface area contributed by atoms with Crippen LogP contribution >= 0.6 is 0 Å². The normalized spacial score (nSPS) is 12.2. The van der Waals surface area contributed by atoms with Crippen molar-refractivity contribution in [1.82, 2.24) is 19.7 Å². The first-order chi connectivity index (χ1) is 6.09. The molecule has 0 N–H and O–H groups in total. The van der Waals surface area contributed by atoms with Gasteiger partial charge in [0, 0.05) is 5.54 Å². The SMILES string of the molecule is CC(C)(C)n1cnc2cnncc21. The van der Waals surface area contributed by atoms with Crippen LogP contribution in [-0.4, -0.2) is 19.7 Å². The monoisotopic (exact) mass is 176 g/mol. The summed E-state index contributed by atoms with van der Waals surface area (Å²) in [5.41, 5.74) is 1.96. The Morgan fingerprint density at radius 3 is 2.54 bits per heavy atom. The van der Waals surface area contributed by atoms with Gasteiger partial charge in [0.1, 0.15) is 5.52 Å². The summed E-state index contributed by atoms with van der Waals surface area (Å²) < 4.78 is 2.09. The second kappa shape index (κ2) is 2.52. The summed E-state index contributed by atoms with van der Waals surface area (Å²) in [6.07, 6.45) is 5.25. The summed E-state index contributed by atoms with van der Waals surface area (Å²) in [6, 6.07) is 0. The Labute approximate surface area is 76.6 Å². The Hall–Kier alpha value is -1.45. The minimum absolute atomic E-state index is 0.0395. The predicted molar refractivity (Wildman–Crippen MR) is 50.3 cm³/mol. The lowest BCUT2D eigenvalue weighted by Gasteiger charge is -2.21. The first kappa shape index (κ1) is 8.16. The number of hydrogen-bond donors (Lipinski definition) is 0. The number of imidazole rings is 1. The van der Waals surface area contributed by atoms with E-state index in [2.05, 4.69) is 40.5 Å². The molecule has 0 saturated carbocycles. The van der Waals surface area contributed by atoms with Crippen molar-refractivity contribution in [2.45, 2.75) is 26.3 Å². The van der Waals surface area contributed by atoms with Crippen molar-refractivity contribution in [3.8, 4) is 0 Å². The maximum atomic E-state index is 4.25. The number of rotatable bonds is 0. The predicted octanol–water partition coefficient (Wildman–Crippen LogP) is 1.58. The summed E-state index contributed by atoms with van der Waals surface area (Å²) in [6.45, 7) is 6.40. The van der Waals surface area contributed by atoms with Crippen LogP contribution in [-0.2, 0) is 5.54 Å². The first-order valence-electron chi connectivity index (χ1n) is 4.23. The number of hydrogen-bond acceptors (Lipinski definition) is 3. The maximum Gasteiger partial charge on any atom is 0.110 e. The van der Waals surface area contributed by atoms with Crippen molar-refractivity contribution < 1.29 is 0 Å². The molecule has 0 aliphatic rings. The molecule has 4 heteroatoms. The molecule has 4 nitrogen and oxygen atoms in total. The van der Waals surface area contributed by atoms with Crippen LogP contribution in [0.4, 0.5) is 0 Å². The average Bonchev–Trinajstić information content (AvgIpc) is 2.45. The van der Waals surface area contributed by atoms with Crippen molar-refractivity contribution in [3.63, 3.8) is 0 Å². The lowest BCUT2D eigenvalue weighted by molar-refractivity contribution is 0.408. The molecule has 0 fully saturated rings. The molecular weight excluding hydrogens is 164 g/mol. The Morgan fingerprint density at radius 2 is 1.85 bits per heavy atom. The highest BCUT2D eigenvalue weighted by atomic mass is 15.1. The minimum atomic E-state index is 0.0395. The fraction of sp³-hybridized carbons (Fsp3) is 0.444. The molecule has 0 aliphatic heterocycles. The molecule has 0 atom stereocenters. The van der Waals surface area contributed by atoms with E-state index in [-0.39, 0.29) is 5.54 Å². The van der Waals surface area contributed by atoms with Gasteiger partial charge in [0.2, 0.25) is 0 Å². The van der Waals surface area contributed by atoms with E-state index < -0.39 is 0 Å². The van der Waals surface area contributed by atoms with Gasteiger partial charge in [-0.05, 0) is 20.8 Å². The zero-order valence-corrected chi connectivity index (χ0v) is 8.02. The van der Waals surface area contributed by atoms with E-state index in [4.69, 9.17) is 0 Å². The van der Waals surface area contributed by atoms with Crippen LogP contribution in [0.1, 0.15) is 20.8 Å². The molecule has 2 heterocycles. The van der Waals surface area contributed by atoms with E-state index in [9.17, 15) is 0 Å². The third kappa shape index (κ3) is 1.28. The average molecular weight is 176 g/mol. The molecule has 0 aromatic carbocycles. The van der Waals surface area contributed by atoms with E-state index >= 15 is 0 Å². The molecule has 0 radical (unpaired) electrons. The molecule has 0 aliphatic carbocycles. The van der Waals surface area contributed by atoms with Crippen LogP contribution in [0.15, 0.2) is 18.7 Å². The molecule has 13 heavy (non-hydrogen) atoms. The molecule has 0 bridgehead atoms. The summed E-state index contributed by atoms with van der Waals surface area (Å²) in [7, 11) is 0. The lowest BCUT2D eigenvalue weighted by Crippen LogP contribution is -2.20. The summed E-state index contributed by atoms with van der Waals surface area (Å²) >= 11 is 0. The molecule has 68 valence electrons. The van der Waals surface area contributed by atoms with E-state index in [1.807, 2.05) is 6.33 Å². The van der Waals surface area contributed by atoms with Crippen molar-refractivity contribution >= 4 is 11.0 Å². The Morgan fingerprint density at radius 1 is 1.15 bits per heavy atom. The third-order valence-electron chi connectivity index (χ3n) is 1.98. The summed E-state index contributed by atoms with van der Waals surface area (Å²) in [5.74, 6) is 0. The first-order valence-corrected chi connectivity index (χ1v) is 4.23. The highest BCUT2D eigenvalue weighted by Gasteiger charge is 2.15. The van der Waals surface area contributed by atoms with Gasteiger partial charge in [-0.15, -0.1) is 0 Å². The molecule has 0 spiro atoms. The smallest absolute Gasteiger partial charge is 0.110 e. The van der Waals surface area contributed by atoms with Crippen molar-refractivity contribution in [2.75, 3.05) is 0 Å². The zero-order valence-electron chi connectivity index (χ0n) is 8.02. The van der Waals surface area contributed by atoms with Gasteiger partial charge >= 0.3 is 0 Å². The standard InChI is InChI=1S/C9H12N4/c1-9(2,3)13-6-10-7-4-11-12-5-8(7)13/h4-6H,1-3H3. The van der Waals surface area contributed by atoms with Crippen LogP contribution in [0.3, 0.4) is 0 Å². The maximum absolute atomic E-state index is 4.25. The minimum Gasteiger partial charge on any atom is -0.324 e. The third-order valence-corrected chi connectivity index (χ3v) is 1.98. The summed E-state index contributed by atoms with van der Waals surface area (Å²) in [4.78, 5) is 4.25. The highest BCUT2D eigenvalue weighted by molar-refractivity contribution is 5.73. The molecular formula is C9H12N4. The molecule has 2 aromatic rings. The largest absolute Gasteiger partial charge is 0.324 e. The van der Waals surface area contributed by atoms with Crippen molar-refractivity contribution in [2.24, 2.45) is 0 Å². The van der Waals surface area contributed by atoms with E-state index in [1.54, 1.807) is 12.4 Å². The molecule has 0 saturated heterocycles. The van der Waals surface area contributed by atoms with Crippen LogP contribution in [0.25, 0.3) is 11.0 Å². The number of fused-ring (bicyclic) bond motifs is 1. The van der Waals surface area contributed by atoms with Crippen molar-refractivity contribution in [3.05, 3.63) is 18.7 Å². The highest BCUT2D eigenvalue weighted by Crippen LogP contribution is 2.19. The Bertz CT molecular complexity index is 424. The second-order valence-electron chi connectivity index (χ2n) is 4.05. The van der Waals surface area contributed by atoms with Gasteiger partial charge in [0.15, 0.2) is 0 Å². The van der Waals surface area contributed by atoms with E-state index in [1.165, 1.54) is 0 Å². The molecule has 2 rings (SSSR count). The van der Waals surface area contributed by atoms with Gasteiger partial charge in [-0.2, -0.15) is 10.2 Å². The second-order valence-corrected chi connectivity index (χ2v) is 4.05. The van der Waals surface area contributed by atoms with Gasteiger partial charge in [-0.25, -0.2) is 4.98 Å². The van der Waals surface area contributed by atoms with Crippen LogP contribution in [0, 0.1) is 0 Å². The van der Waals surface area contributed by atoms with Gasteiger partial charge in [-0.3, -0.25) is 0 Å². The van der Waals surface area contributed by atoms with Gasteiger partial charge < -0.3 is 4.57 Å². The van der Waals surface area contributed by atoms with E-state index in [0.29, 0.717) is 0 Å².